The fourth-order valence-electron chi connectivity index (χ4n) is 3.24. The van der Waals surface area contributed by atoms with Crippen LogP contribution in [0.4, 0.5) is 0 Å². The predicted molar refractivity (Wildman–Crippen MR) is 100 cm³/mol. The van der Waals surface area contributed by atoms with Gasteiger partial charge in [0, 0.05) is 46.2 Å². The first-order valence-corrected chi connectivity index (χ1v) is 9.15. The Morgan fingerprint density at radius 1 is 1.00 bits per heavy atom. The number of hydrogen-bond acceptors (Lipinski definition) is 3. The van der Waals surface area contributed by atoms with Gasteiger partial charge in [-0.25, -0.2) is 0 Å². The van der Waals surface area contributed by atoms with E-state index in [2.05, 4.69) is 0 Å². The summed E-state index contributed by atoms with van der Waals surface area (Å²) < 4.78 is 0. The van der Waals surface area contributed by atoms with Crippen molar-refractivity contribution in [1.29, 1.82) is 0 Å². The van der Waals surface area contributed by atoms with E-state index in [0.717, 1.165) is 5.56 Å². The van der Waals surface area contributed by atoms with Crippen LogP contribution in [0.3, 0.4) is 0 Å². The molecule has 0 saturated carbocycles. The summed E-state index contributed by atoms with van der Waals surface area (Å²) in [6.45, 7) is 9.87. The standard InChI is InChI=1S/C20H29N3O3/c1-5-21(15-17-9-7-6-8-10-17)18(25)20(3,4)19(26)23-13-11-22(12-14-23)16(2)24/h6-10H,5,11-15H2,1-4H3. The monoisotopic (exact) mass is 359 g/mol. The molecule has 26 heavy (non-hydrogen) atoms. The molecule has 0 aliphatic carbocycles. The molecule has 0 unspecified atom stereocenters. The van der Waals surface area contributed by atoms with Gasteiger partial charge in [0.1, 0.15) is 5.41 Å². The highest BCUT2D eigenvalue weighted by Crippen LogP contribution is 2.24. The molecule has 6 heteroatoms. The Kier molecular flexibility index (Phi) is 6.40. The van der Waals surface area contributed by atoms with Gasteiger partial charge in [0.2, 0.25) is 17.7 Å². The summed E-state index contributed by atoms with van der Waals surface area (Å²) in [6.07, 6.45) is 0. The van der Waals surface area contributed by atoms with Gasteiger partial charge in [-0.05, 0) is 26.3 Å². The number of amides is 3. The van der Waals surface area contributed by atoms with E-state index in [4.69, 9.17) is 0 Å². The number of carbonyl (C=O) groups excluding carboxylic acids is 3. The van der Waals surface area contributed by atoms with Crippen molar-refractivity contribution in [2.45, 2.75) is 34.2 Å². The molecule has 0 spiro atoms. The highest BCUT2D eigenvalue weighted by molar-refractivity contribution is 6.04. The molecule has 0 N–H and O–H groups in total. The van der Waals surface area contributed by atoms with Crippen LogP contribution in [0, 0.1) is 5.41 Å². The molecule has 1 saturated heterocycles. The Balaban J connectivity index is 2.05. The summed E-state index contributed by atoms with van der Waals surface area (Å²) >= 11 is 0. The van der Waals surface area contributed by atoms with Crippen LogP contribution in [0.15, 0.2) is 30.3 Å². The number of benzene rings is 1. The van der Waals surface area contributed by atoms with Crippen LogP contribution in [0.5, 0.6) is 0 Å². The summed E-state index contributed by atoms with van der Waals surface area (Å²) in [5.74, 6) is -0.312. The van der Waals surface area contributed by atoms with Gasteiger partial charge >= 0.3 is 0 Å². The van der Waals surface area contributed by atoms with E-state index in [1.807, 2.05) is 37.3 Å². The highest BCUT2D eigenvalue weighted by atomic mass is 16.2. The van der Waals surface area contributed by atoms with Crippen LogP contribution in [-0.4, -0.2) is 65.1 Å². The van der Waals surface area contributed by atoms with Crippen molar-refractivity contribution < 1.29 is 14.4 Å². The molecule has 0 atom stereocenters. The maximum absolute atomic E-state index is 13.1. The van der Waals surface area contributed by atoms with Crippen molar-refractivity contribution in [1.82, 2.24) is 14.7 Å². The Morgan fingerprint density at radius 3 is 2.04 bits per heavy atom. The third-order valence-electron chi connectivity index (χ3n) is 4.97. The van der Waals surface area contributed by atoms with Crippen LogP contribution < -0.4 is 0 Å². The first-order valence-electron chi connectivity index (χ1n) is 9.15. The van der Waals surface area contributed by atoms with Gasteiger partial charge in [-0.15, -0.1) is 0 Å². The first-order chi connectivity index (χ1) is 12.3. The zero-order chi connectivity index (χ0) is 19.3. The first kappa shape index (κ1) is 19.9. The molecule has 1 aliphatic rings. The second kappa shape index (κ2) is 8.34. The van der Waals surface area contributed by atoms with E-state index >= 15 is 0 Å². The molecule has 2 rings (SSSR count). The fourth-order valence-corrected chi connectivity index (χ4v) is 3.24. The Hall–Kier alpha value is -2.37. The number of rotatable bonds is 5. The molecule has 0 bridgehead atoms. The van der Waals surface area contributed by atoms with Crippen LogP contribution in [0.2, 0.25) is 0 Å². The molecule has 6 nitrogen and oxygen atoms in total. The van der Waals surface area contributed by atoms with Crippen molar-refractivity contribution >= 4 is 17.7 Å². The lowest BCUT2D eigenvalue weighted by molar-refractivity contribution is -0.156. The lowest BCUT2D eigenvalue weighted by atomic mass is 9.89. The smallest absolute Gasteiger partial charge is 0.237 e. The summed E-state index contributed by atoms with van der Waals surface area (Å²) in [4.78, 5) is 42.7. The Bertz CT molecular complexity index is 650. The number of piperazine rings is 1. The molecule has 0 aromatic heterocycles. The summed E-state index contributed by atoms with van der Waals surface area (Å²) in [5.41, 5.74) is -0.0792. The predicted octanol–water partition coefficient (Wildman–Crippen LogP) is 1.75. The number of hydrogen-bond donors (Lipinski definition) is 0. The molecule has 1 fully saturated rings. The summed E-state index contributed by atoms with van der Waals surface area (Å²) in [7, 11) is 0. The summed E-state index contributed by atoms with van der Waals surface area (Å²) in [5, 5.41) is 0. The second-order valence-electron chi connectivity index (χ2n) is 7.23. The van der Waals surface area contributed by atoms with Gasteiger partial charge in [-0.3, -0.25) is 14.4 Å². The van der Waals surface area contributed by atoms with Gasteiger partial charge in [-0.2, -0.15) is 0 Å². The van der Waals surface area contributed by atoms with Gasteiger partial charge in [0.05, 0.1) is 0 Å². The molecule has 1 aromatic carbocycles. The van der Waals surface area contributed by atoms with E-state index < -0.39 is 5.41 Å². The van der Waals surface area contributed by atoms with E-state index in [0.29, 0.717) is 39.3 Å². The van der Waals surface area contributed by atoms with Crippen LogP contribution >= 0.6 is 0 Å². The number of carbonyl (C=O) groups is 3. The lowest BCUT2D eigenvalue weighted by Gasteiger charge is -2.39. The molecular formula is C20H29N3O3. The average Bonchev–Trinajstić information content (AvgIpc) is 2.65. The third-order valence-corrected chi connectivity index (χ3v) is 4.97. The quantitative estimate of drug-likeness (QED) is 0.753. The largest absolute Gasteiger partial charge is 0.339 e. The van der Waals surface area contributed by atoms with Crippen LogP contribution in [-0.2, 0) is 20.9 Å². The number of nitrogens with zero attached hydrogens (tertiary/aromatic N) is 3. The Morgan fingerprint density at radius 2 is 1.54 bits per heavy atom. The molecule has 1 aliphatic heterocycles. The molecule has 3 amide bonds. The lowest BCUT2D eigenvalue weighted by Crippen LogP contribution is -2.56. The second-order valence-corrected chi connectivity index (χ2v) is 7.23. The maximum atomic E-state index is 13.1. The van der Waals surface area contributed by atoms with Crippen molar-refractivity contribution in [2.24, 2.45) is 5.41 Å². The molecule has 0 radical (unpaired) electrons. The topological polar surface area (TPSA) is 60.9 Å². The summed E-state index contributed by atoms with van der Waals surface area (Å²) in [6, 6.07) is 9.78. The van der Waals surface area contributed by atoms with Gasteiger partial charge < -0.3 is 14.7 Å². The average molecular weight is 359 g/mol. The van der Waals surface area contributed by atoms with Crippen molar-refractivity contribution in [3.8, 4) is 0 Å². The minimum Gasteiger partial charge on any atom is -0.339 e. The molecule has 142 valence electrons. The van der Waals surface area contributed by atoms with Crippen LogP contribution in [0.1, 0.15) is 33.3 Å². The maximum Gasteiger partial charge on any atom is 0.237 e. The highest BCUT2D eigenvalue weighted by Gasteiger charge is 2.42. The zero-order valence-electron chi connectivity index (χ0n) is 16.2. The zero-order valence-corrected chi connectivity index (χ0v) is 16.2. The fraction of sp³-hybridized carbons (Fsp3) is 0.550. The van der Waals surface area contributed by atoms with Crippen molar-refractivity contribution in [3.05, 3.63) is 35.9 Å². The third kappa shape index (κ3) is 4.42. The van der Waals surface area contributed by atoms with Crippen molar-refractivity contribution in [3.63, 3.8) is 0 Å². The molecule has 1 heterocycles. The van der Waals surface area contributed by atoms with Crippen molar-refractivity contribution in [2.75, 3.05) is 32.7 Å². The van der Waals surface area contributed by atoms with Gasteiger partial charge in [-0.1, -0.05) is 30.3 Å². The van der Waals surface area contributed by atoms with E-state index in [1.165, 1.54) is 6.92 Å². The van der Waals surface area contributed by atoms with E-state index in [9.17, 15) is 14.4 Å². The minimum absolute atomic E-state index is 0.0208. The Labute approximate surface area is 155 Å². The normalized spacial score (nSPS) is 14.9. The molecule has 1 aromatic rings. The van der Waals surface area contributed by atoms with Crippen LogP contribution in [0.25, 0.3) is 0 Å². The van der Waals surface area contributed by atoms with Gasteiger partial charge in [0.15, 0.2) is 0 Å². The van der Waals surface area contributed by atoms with Gasteiger partial charge in [0.25, 0.3) is 0 Å². The molecular weight excluding hydrogens is 330 g/mol. The van der Waals surface area contributed by atoms with E-state index in [-0.39, 0.29) is 17.7 Å². The minimum atomic E-state index is -1.12. The van der Waals surface area contributed by atoms with E-state index in [1.54, 1.807) is 28.5 Å². The SMILES string of the molecule is CCN(Cc1ccccc1)C(=O)C(C)(C)C(=O)N1CCN(C(C)=O)CC1.